The smallest absolute Gasteiger partial charge is 0.435 e. The number of nitrogens with two attached hydrogens (primary N) is 3. The van der Waals surface area contributed by atoms with Crippen LogP contribution in [0.1, 0.15) is 51.9 Å². The molecule has 36 heavy (non-hydrogen) atoms. The van der Waals surface area contributed by atoms with Crippen molar-refractivity contribution in [3.63, 3.8) is 0 Å². The van der Waals surface area contributed by atoms with E-state index in [1.54, 1.807) is 6.92 Å². The number of nitrogens with zero attached hydrogens (tertiary/aromatic N) is 2. The molecule has 2 heterocycles. The lowest BCUT2D eigenvalue weighted by molar-refractivity contribution is -0.794. The van der Waals surface area contributed by atoms with Crippen LogP contribution in [0.3, 0.4) is 0 Å². The topological polar surface area (TPSA) is 170 Å². The van der Waals surface area contributed by atoms with Crippen molar-refractivity contribution in [1.29, 1.82) is 0 Å². The number of likely N-dealkylation sites (tertiary alicyclic amines) is 2. The third kappa shape index (κ3) is 6.92. The van der Waals surface area contributed by atoms with Crippen LogP contribution in [0.4, 0.5) is 4.79 Å². The Morgan fingerprint density at radius 1 is 1.11 bits per heavy atom. The highest BCUT2D eigenvalue weighted by molar-refractivity contribution is 8.13. The summed E-state index contributed by atoms with van der Waals surface area (Å²) in [6, 6.07) is -2.12. The summed E-state index contributed by atoms with van der Waals surface area (Å²) in [6.07, 6.45) is 2.87. The molecule has 3 amide bonds. The summed E-state index contributed by atoms with van der Waals surface area (Å²) in [5.41, 5.74) is 17.3. The summed E-state index contributed by atoms with van der Waals surface area (Å²) in [6.45, 7) is 2.95. The number of imide groups is 1. The maximum Gasteiger partial charge on any atom is 0.521 e. The van der Waals surface area contributed by atoms with Crippen molar-refractivity contribution in [2.75, 3.05) is 31.9 Å². The maximum atomic E-state index is 13.6. The molecule has 7 atom stereocenters. The normalized spacial score (nSPS) is 29.8. The van der Waals surface area contributed by atoms with E-state index in [0.717, 1.165) is 18.2 Å². The van der Waals surface area contributed by atoms with Crippen LogP contribution < -0.4 is 17.2 Å². The quantitative estimate of drug-likeness (QED) is 0.155. The first-order valence-corrected chi connectivity index (χ1v) is 14.4. The molecule has 0 aromatic rings. The molecular weight excluding hydrogens is 529 g/mol. The standard InChI is InChI=1S/C23H39Cl2N5O5S/c1-14-6-5-11-30(14,23(34)35)21(32)15(7-4-10-27)13-36-22(33)19-18(25)16(24)12-29(19)20(31)17(28)8-2-3-9-26/h14-19H,2-13,26-28H2,1H3/p+1/t14-,15?,16?,17+,18?,19+,30?/m1/s1. The number of hydrogen-bond donors (Lipinski definition) is 4. The Hall–Kier alpha value is -0.950. The minimum absolute atomic E-state index is 0.0787. The van der Waals surface area contributed by atoms with Gasteiger partial charge in [0, 0.05) is 25.1 Å². The summed E-state index contributed by atoms with van der Waals surface area (Å²) >= 11 is 13.7. The minimum Gasteiger partial charge on any atom is -0.435 e. The molecule has 2 rings (SSSR count). The molecule has 206 valence electrons. The number of unbranched alkanes of at least 4 members (excludes halogenated alkanes) is 1. The molecule has 0 aromatic carbocycles. The van der Waals surface area contributed by atoms with Gasteiger partial charge in [0.25, 0.3) is 0 Å². The van der Waals surface area contributed by atoms with E-state index in [0.29, 0.717) is 51.6 Å². The number of thioether (sulfide) groups is 1. The Balaban J connectivity index is 2.15. The molecule has 0 aromatic heterocycles. The fourth-order valence-corrected chi connectivity index (χ4v) is 6.93. The number of hydrogen-bond acceptors (Lipinski definition) is 8. The van der Waals surface area contributed by atoms with Crippen LogP contribution in [0.2, 0.25) is 0 Å². The summed E-state index contributed by atoms with van der Waals surface area (Å²) in [4.78, 5) is 53.4. The zero-order valence-corrected chi connectivity index (χ0v) is 23.1. The minimum atomic E-state index is -1.17. The van der Waals surface area contributed by atoms with Crippen LogP contribution in [0.15, 0.2) is 0 Å². The fourth-order valence-electron chi connectivity index (χ4n) is 5.12. The second kappa shape index (κ2) is 14.3. The van der Waals surface area contributed by atoms with Gasteiger partial charge in [-0.3, -0.25) is 9.59 Å². The van der Waals surface area contributed by atoms with Crippen LogP contribution in [0.25, 0.3) is 0 Å². The summed E-state index contributed by atoms with van der Waals surface area (Å²) in [7, 11) is 0. The number of carbonyl (C=O) groups excluding carboxylic acids is 3. The van der Waals surface area contributed by atoms with Gasteiger partial charge in [-0.25, -0.2) is 4.79 Å². The number of amides is 3. The summed E-state index contributed by atoms with van der Waals surface area (Å²) in [5.74, 6) is -1.39. The van der Waals surface area contributed by atoms with Gasteiger partial charge in [0.1, 0.15) is 12.1 Å². The number of rotatable bonds is 12. The van der Waals surface area contributed by atoms with Crippen LogP contribution in [0.5, 0.6) is 0 Å². The molecule has 0 radical (unpaired) electrons. The number of alkyl halides is 2. The van der Waals surface area contributed by atoms with Crippen molar-refractivity contribution in [2.24, 2.45) is 23.1 Å². The van der Waals surface area contributed by atoms with E-state index in [4.69, 9.17) is 40.4 Å². The van der Waals surface area contributed by atoms with Gasteiger partial charge >= 0.3 is 12.0 Å². The van der Waals surface area contributed by atoms with Crippen LogP contribution in [0, 0.1) is 5.92 Å². The Morgan fingerprint density at radius 3 is 2.33 bits per heavy atom. The number of halogens is 2. The zero-order valence-electron chi connectivity index (χ0n) is 20.8. The van der Waals surface area contributed by atoms with Gasteiger partial charge in [-0.05, 0) is 45.7 Å². The van der Waals surface area contributed by atoms with E-state index in [1.807, 2.05) is 0 Å². The first kappa shape index (κ1) is 31.3. The molecule has 0 spiro atoms. The largest absolute Gasteiger partial charge is 0.521 e. The van der Waals surface area contributed by atoms with Gasteiger partial charge < -0.3 is 27.2 Å². The fraction of sp³-hybridized carbons (Fsp3) is 0.826. The van der Waals surface area contributed by atoms with Gasteiger partial charge in [0.15, 0.2) is 0 Å². The van der Waals surface area contributed by atoms with Gasteiger partial charge in [-0.2, -0.15) is 9.28 Å². The average Bonchev–Trinajstić information content (AvgIpc) is 3.38. The molecule has 4 unspecified atom stereocenters. The van der Waals surface area contributed by atoms with E-state index in [2.05, 4.69) is 0 Å². The van der Waals surface area contributed by atoms with Gasteiger partial charge in [0.2, 0.25) is 11.0 Å². The maximum absolute atomic E-state index is 13.6. The van der Waals surface area contributed by atoms with Gasteiger partial charge in [-0.1, -0.05) is 18.2 Å². The van der Waals surface area contributed by atoms with E-state index < -0.39 is 51.1 Å². The molecule has 0 aliphatic carbocycles. The highest BCUT2D eigenvalue weighted by atomic mass is 35.5. The van der Waals surface area contributed by atoms with Crippen molar-refractivity contribution in [3.8, 4) is 0 Å². The molecule has 0 bridgehead atoms. The Labute approximate surface area is 227 Å². The molecule has 0 saturated carbocycles. The predicted octanol–water partition coefficient (Wildman–Crippen LogP) is 1.69. The summed E-state index contributed by atoms with van der Waals surface area (Å²) < 4.78 is -0.627. The highest BCUT2D eigenvalue weighted by Crippen LogP contribution is 2.35. The first-order valence-electron chi connectivity index (χ1n) is 12.6. The highest BCUT2D eigenvalue weighted by Gasteiger charge is 2.55. The Bertz CT molecular complexity index is 809. The lowest BCUT2D eigenvalue weighted by atomic mass is 10.0. The molecule has 13 heteroatoms. The van der Waals surface area contributed by atoms with E-state index in [9.17, 15) is 24.3 Å². The van der Waals surface area contributed by atoms with Crippen molar-refractivity contribution in [3.05, 3.63) is 0 Å². The SMILES string of the molecule is C[C@@H]1CCC[N+]1(C(=O)O)C(=O)C(CCCN)CSC(=O)[C@@H]1C(Cl)C(Cl)CN1C(=O)[C@@H](N)CCCCN. The van der Waals surface area contributed by atoms with Crippen molar-refractivity contribution < 1.29 is 28.8 Å². The van der Waals surface area contributed by atoms with E-state index >= 15 is 0 Å². The number of carbonyl (C=O) groups is 4. The van der Waals surface area contributed by atoms with Crippen molar-refractivity contribution >= 4 is 58.0 Å². The van der Waals surface area contributed by atoms with Crippen LogP contribution in [-0.4, -0.2) is 98.3 Å². The molecule has 2 saturated heterocycles. The molecule has 2 fully saturated rings. The van der Waals surface area contributed by atoms with Gasteiger partial charge in [-0.15, -0.1) is 23.2 Å². The molecule has 2 aliphatic rings. The molecule has 2 aliphatic heterocycles. The second-order valence-corrected chi connectivity index (χ2v) is 11.8. The van der Waals surface area contributed by atoms with E-state index in [1.165, 1.54) is 4.90 Å². The third-order valence-electron chi connectivity index (χ3n) is 7.32. The number of quaternary nitrogens is 1. The van der Waals surface area contributed by atoms with E-state index in [-0.39, 0.29) is 30.0 Å². The zero-order chi connectivity index (χ0) is 27.0. The molecular formula is C23H40Cl2N5O5S+. The Morgan fingerprint density at radius 2 is 1.78 bits per heavy atom. The lowest BCUT2D eigenvalue weighted by Gasteiger charge is -2.33. The average molecular weight is 570 g/mol. The predicted molar refractivity (Wildman–Crippen MR) is 142 cm³/mol. The van der Waals surface area contributed by atoms with Gasteiger partial charge in [0.05, 0.1) is 29.3 Å². The van der Waals surface area contributed by atoms with Crippen LogP contribution >= 0.6 is 35.0 Å². The van der Waals surface area contributed by atoms with Crippen molar-refractivity contribution in [1.82, 2.24) is 4.90 Å². The molecule has 7 N–H and O–H groups in total. The Kier molecular flexibility index (Phi) is 12.4. The summed E-state index contributed by atoms with van der Waals surface area (Å²) in [5, 5.41) is 8.16. The van der Waals surface area contributed by atoms with Crippen LogP contribution in [-0.2, 0) is 14.4 Å². The third-order valence-corrected chi connectivity index (χ3v) is 9.49. The van der Waals surface area contributed by atoms with Crippen molar-refractivity contribution in [2.45, 2.75) is 80.7 Å². The molecule has 10 nitrogen and oxygen atoms in total. The monoisotopic (exact) mass is 568 g/mol. The number of carboxylic acid groups (broad SMARTS) is 1. The first-order chi connectivity index (χ1) is 17.0. The second-order valence-electron chi connectivity index (χ2n) is 9.75. The lowest BCUT2D eigenvalue weighted by Crippen LogP contribution is -2.61.